The van der Waals surface area contributed by atoms with Crippen LogP contribution in [0, 0.1) is 6.92 Å². The Labute approximate surface area is 126 Å². The summed E-state index contributed by atoms with van der Waals surface area (Å²) in [5, 5.41) is 11.3. The molecule has 0 aliphatic heterocycles. The number of hydrogen-bond acceptors (Lipinski definition) is 4. The van der Waals surface area contributed by atoms with Crippen molar-refractivity contribution in [3.63, 3.8) is 0 Å². The van der Waals surface area contributed by atoms with Gasteiger partial charge in [0.05, 0.1) is 0 Å². The number of rotatable bonds is 5. The lowest BCUT2D eigenvalue weighted by Gasteiger charge is -2.16. The highest BCUT2D eigenvalue weighted by molar-refractivity contribution is 7.13. The lowest BCUT2D eigenvalue weighted by Crippen LogP contribution is -2.35. The average molecular weight is 304 g/mol. The number of aromatic nitrogens is 1. The van der Waals surface area contributed by atoms with Gasteiger partial charge in [-0.1, -0.05) is 24.3 Å². The summed E-state index contributed by atoms with van der Waals surface area (Å²) in [4.78, 5) is 28.6. The fourth-order valence-corrected chi connectivity index (χ4v) is 2.84. The van der Waals surface area contributed by atoms with Crippen LogP contribution in [-0.4, -0.2) is 40.0 Å². The first kappa shape index (κ1) is 15.2. The number of aryl methyl sites for hydroxylation is 1. The van der Waals surface area contributed by atoms with E-state index in [0.717, 1.165) is 16.1 Å². The minimum atomic E-state index is -1.03. The topological polar surface area (TPSA) is 70.5 Å². The van der Waals surface area contributed by atoms with Gasteiger partial charge in [0.1, 0.15) is 17.2 Å². The molecule has 0 saturated carbocycles. The van der Waals surface area contributed by atoms with Crippen LogP contribution >= 0.6 is 11.3 Å². The number of benzene rings is 1. The van der Waals surface area contributed by atoms with Crippen LogP contribution in [0.2, 0.25) is 0 Å². The summed E-state index contributed by atoms with van der Waals surface area (Å²) >= 11 is 1.39. The maximum atomic E-state index is 12.2. The van der Waals surface area contributed by atoms with Crippen molar-refractivity contribution in [3.8, 4) is 10.6 Å². The van der Waals surface area contributed by atoms with E-state index in [0.29, 0.717) is 12.2 Å². The first-order valence-electron chi connectivity index (χ1n) is 6.55. The second kappa shape index (κ2) is 6.49. The molecule has 2 rings (SSSR count). The summed E-state index contributed by atoms with van der Waals surface area (Å²) in [6.45, 7) is 3.76. The predicted molar refractivity (Wildman–Crippen MR) is 81.5 cm³/mol. The fourth-order valence-electron chi connectivity index (χ4n) is 1.96. The third-order valence-corrected chi connectivity index (χ3v) is 3.97. The Bertz CT molecular complexity index is 666. The molecule has 0 radical (unpaired) electrons. The summed E-state index contributed by atoms with van der Waals surface area (Å²) in [6.07, 6.45) is 0. The number of carbonyl (C=O) groups is 2. The standard InChI is InChI=1S/C15H16N2O3S/c1-3-17(8-13(18)19)15(20)12-9-21-14(16-12)11-7-5-4-6-10(11)2/h4-7,9H,3,8H2,1-2H3,(H,18,19). The molecule has 0 aliphatic carbocycles. The number of carboxylic acid groups (broad SMARTS) is 1. The van der Waals surface area contributed by atoms with Gasteiger partial charge in [-0.3, -0.25) is 9.59 Å². The van der Waals surface area contributed by atoms with Crippen LogP contribution in [-0.2, 0) is 4.79 Å². The van der Waals surface area contributed by atoms with Gasteiger partial charge in [0.25, 0.3) is 5.91 Å². The zero-order chi connectivity index (χ0) is 15.4. The Hall–Kier alpha value is -2.21. The minimum absolute atomic E-state index is 0.293. The van der Waals surface area contributed by atoms with Crippen molar-refractivity contribution in [2.45, 2.75) is 13.8 Å². The van der Waals surface area contributed by atoms with E-state index >= 15 is 0 Å². The molecule has 1 amide bonds. The third kappa shape index (κ3) is 3.46. The summed E-state index contributed by atoms with van der Waals surface area (Å²) in [6, 6.07) is 7.82. The summed E-state index contributed by atoms with van der Waals surface area (Å²) in [7, 11) is 0. The molecule has 0 aliphatic rings. The van der Waals surface area contributed by atoms with E-state index in [-0.39, 0.29) is 12.5 Å². The van der Waals surface area contributed by atoms with E-state index < -0.39 is 5.97 Å². The van der Waals surface area contributed by atoms with Crippen LogP contribution in [0.15, 0.2) is 29.6 Å². The van der Waals surface area contributed by atoms with Gasteiger partial charge in [-0.2, -0.15) is 0 Å². The number of amides is 1. The molecule has 0 fully saturated rings. The first-order chi connectivity index (χ1) is 10.0. The van der Waals surface area contributed by atoms with Crippen LogP contribution in [0.4, 0.5) is 0 Å². The molecular weight excluding hydrogens is 288 g/mol. The van der Waals surface area contributed by atoms with Gasteiger partial charge < -0.3 is 10.0 Å². The molecule has 1 aromatic carbocycles. The molecule has 1 aromatic heterocycles. The van der Waals surface area contributed by atoms with Gasteiger partial charge in [-0.15, -0.1) is 11.3 Å². The van der Waals surface area contributed by atoms with Crippen molar-refractivity contribution >= 4 is 23.2 Å². The van der Waals surface area contributed by atoms with Crippen molar-refractivity contribution in [3.05, 3.63) is 40.9 Å². The normalized spacial score (nSPS) is 10.4. The van der Waals surface area contributed by atoms with Gasteiger partial charge in [-0.05, 0) is 19.4 Å². The smallest absolute Gasteiger partial charge is 0.323 e. The van der Waals surface area contributed by atoms with Gasteiger partial charge in [0.2, 0.25) is 0 Å². The summed E-state index contributed by atoms with van der Waals surface area (Å²) in [5.41, 5.74) is 2.37. The number of nitrogens with zero attached hydrogens (tertiary/aromatic N) is 2. The summed E-state index contributed by atoms with van der Waals surface area (Å²) < 4.78 is 0. The molecular formula is C15H16N2O3S. The Kier molecular flexibility index (Phi) is 4.70. The van der Waals surface area contributed by atoms with E-state index in [1.54, 1.807) is 12.3 Å². The van der Waals surface area contributed by atoms with E-state index in [2.05, 4.69) is 4.98 Å². The highest BCUT2D eigenvalue weighted by Gasteiger charge is 2.20. The molecule has 6 heteroatoms. The average Bonchev–Trinajstić information content (AvgIpc) is 2.94. The van der Waals surface area contributed by atoms with Crippen LogP contribution < -0.4 is 0 Å². The number of likely N-dealkylation sites (N-methyl/N-ethyl adjacent to an activating group) is 1. The number of carboxylic acids is 1. The van der Waals surface area contributed by atoms with Crippen LogP contribution in [0.5, 0.6) is 0 Å². The summed E-state index contributed by atoms with van der Waals surface area (Å²) in [5.74, 6) is -1.38. The fraction of sp³-hybridized carbons (Fsp3) is 0.267. The van der Waals surface area contributed by atoms with Gasteiger partial charge in [0, 0.05) is 17.5 Å². The number of thiazole rings is 1. The second-order valence-electron chi connectivity index (χ2n) is 4.57. The van der Waals surface area contributed by atoms with Gasteiger partial charge >= 0.3 is 5.97 Å². The SMILES string of the molecule is CCN(CC(=O)O)C(=O)c1csc(-c2ccccc2C)n1. The molecule has 0 saturated heterocycles. The molecule has 1 N–H and O–H groups in total. The molecule has 1 heterocycles. The molecule has 21 heavy (non-hydrogen) atoms. The van der Waals surface area contributed by atoms with E-state index in [9.17, 15) is 9.59 Å². The van der Waals surface area contributed by atoms with E-state index in [4.69, 9.17) is 5.11 Å². The largest absolute Gasteiger partial charge is 0.480 e. The first-order valence-corrected chi connectivity index (χ1v) is 7.43. The molecule has 0 unspecified atom stereocenters. The number of aliphatic carboxylic acids is 1. The number of carbonyl (C=O) groups excluding carboxylic acids is 1. The second-order valence-corrected chi connectivity index (χ2v) is 5.42. The molecule has 0 spiro atoms. The predicted octanol–water partition coefficient (Wildman–Crippen LogP) is 2.67. The van der Waals surface area contributed by atoms with Gasteiger partial charge in [-0.25, -0.2) is 4.98 Å². The maximum Gasteiger partial charge on any atom is 0.323 e. The molecule has 0 atom stereocenters. The Morgan fingerprint density at radius 2 is 2.05 bits per heavy atom. The van der Waals surface area contributed by atoms with Crippen molar-refractivity contribution < 1.29 is 14.7 Å². The lowest BCUT2D eigenvalue weighted by molar-refractivity contribution is -0.137. The van der Waals surface area contributed by atoms with Crippen molar-refractivity contribution in [1.29, 1.82) is 0 Å². The van der Waals surface area contributed by atoms with Crippen LogP contribution in [0.25, 0.3) is 10.6 Å². The van der Waals surface area contributed by atoms with E-state index in [1.807, 2.05) is 31.2 Å². The number of hydrogen-bond donors (Lipinski definition) is 1. The Morgan fingerprint density at radius 1 is 1.33 bits per heavy atom. The van der Waals surface area contributed by atoms with Gasteiger partial charge in [0.15, 0.2) is 0 Å². The zero-order valence-corrected chi connectivity index (χ0v) is 12.7. The highest BCUT2D eigenvalue weighted by atomic mass is 32.1. The monoisotopic (exact) mass is 304 g/mol. The maximum absolute atomic E-state index is 12.2. The van der Waals surface area contributed by atoms with E-state index in [1.165, 1.54) is 16.2 Å². The Morgan fingerprint density at radius 3 is 2.67 bits per heavy atom. The van der Waals surface area contributed by atoms with Crippen molar-refractivity contribution in [1.82, 2.24) is 9.88 Å². The van der Waals surface area contributed by atoms with Crippen molar-refractivity contribution in [2.24, 2.45) is 0 Å². The molecule has 2 aromatic rings. The lowest BCUT2D eigenvalue weighted by atomic mass is 10.1. The Balaban J connectivity index is 2.25. The van der Waals surface area contributed by atoms with Crippen LogP contribution in [0.3, 0.4) is 0 Å². The third-order valence-electron chi connectivity index (χ3n) is 3.09. The highest BCUT2D eigenvalue weighted by Crippen LogP contribution is 2.26. The molecule has 0 bridgehead atoms. The molecule has 5 nitrogen and oxygen atoms in total. The zero-order valence-electron chi connectivity index (χ0n) is 11.9. The quantitative estimate of drug-likeness (QED) is 0.922. The molecule has 110 valence electrons. The van der Waals surface area contributed by atoms with Crippen LogP contribution in [0.1, 0.15) is 23.0 Å². The minimum Gasteiger partial charge on any atom is -0.480 e. The van der Waals surface area contributed by atoms with Crippen molar-refractivity contribution in [2.75, 3.05) is 13.1 Å².